The van der Waals surface area contributed by atoms with Gasteiger partial charge in [0.15, 0.2) is 0 Å². The Bertz CT molecular complexity index is 360. The summed E-state index contributed by atoms with van der Waals surface area (Å²) in [7, 11) is 0. The van der Waals surface area contributed by atoms with Crippen LogP contribution >= 0.6 is 0 Å². The zero-order valence-corrected chi connectivity index (χ0v) is 8.79. The lowest BCUT2D eigenvalue weighted by molar-refractivity contribution is 0.623. The molecule has 0 atom stereocenters. The zero-order chi connectivity index (χ0) is 10.1. The van der Waals surface area contributed by atoms with E-state index in [2.05, 4.69) is 20.6 Å². The fraction of sp³-hybridized carbons (Fsp3) is 0.636. The highest BCUT2D eigenvalue weighted by molar-refractivity contribution is 5.31. The molecule has 2 N–H and O–H groups in total. The Kier molecular flexibility index (Phi) is 2.29. The molecule has 1 saturated carbocycles. The SMILES string of the molecule is c1nc(NCC2CC2)nc2c1CCNC2. The molecule has 1 aliphatic heterocycles. The van der Waals surface area contributed by atoms with E-state index in [1.54, 1.807) is 0 Å². The summed E-state index contributed by atoms with van der Waals surface area (Å²) >= 11 is 0. The predicted molar refractivity (Wildman–Crippen MR) is 58.7 cm³/mol. The van der Waals surface area contributed by atoms with Crippen molar-refractivity contribution in [1.29, 1.82) is 0 Å². The van der Waals surface area contributed by atoms with Crippen LogP contribution in [0.1, 0.15) is 24.1 Å². The lowest BCUT2D eigenvalue weighted by Crippen LogP contribution is -2.25. The van der Waals surface area contributed by atoms with Gasteiger partial charge in [-0.05, 0) is 37.3 Å². The highest BCUT2D eigenvalue weighted by atomic mass is 15.1. The second kappa shape index (κ2) is 3.77. The molecule has 1 aromatic heterocycles. The van der Waals surface area contributed by atoms with Crippen LogP contribution in [0, 0.1) is 5.92 Å². The van der Waals surface area contributed by atoms with E-state index in [1.165, 1.54) is 18.4 Å². The van der Waals surface area contributed by atoms with Gasteiger partial charge in [0.05, 0.1) is 5.69 Å². The van der Waals surface area contributed by atoms with Gasteiger partial charge in [0, 0.05) is 19.3 Å². The first-order valence-corrected chi connectivity index (χ1v) is 5.71. The number of hydrogen-bond donors (Lipinski definition) is 2. The molecule has 3 rings (SSSR count). The molecule has 0 bridgehead atoms. The minimum atomic E-state index is 0.796. The van der Waals surface area contributed by atoms with Gasteiger partial charge >= 0.3 is 0 Å². The van der Waals surface area contributed by atoms with Crippen LogP contribution < -0.4 is 10.6 Å². The van der Waals surface area contributed by atoms with Gasteiger partial charge in [0.2, 0.25) is 5.95 Å². The molecule has 2 aliphatic rings. The van der Waals surface area contributed by atoms with E-state index in [9.17, 15) is 0 Å². The number of nitrogens with zero attached hydrogens (tertiary/aromatic N) is 2. The van der Waals surface area contributed by atoms with Crippen molar-refractivity contribution in [3.8, 4) is 0 Å². The quantitative estimate of drug-likeness (QED) is 0.769. The lowest BCUT2D eigenvalue weighted by atomic mass is 10.1. The van der Waals surface area contributed by atoms with Crippen molar-refractivity contribution in [3.05, 3.63) is 17.5 Å². The number of fused-ring (bicyclic) bond motifs is 1. The first-order valence-electron chi connectivity index (χ1n) is 5.71. The maximum Gasteiger partial charge on any atom is 0.222 e. The average molecular weight is 204 g/mol. The highest BCUT2D eigenvalue weighted by Gasteiger charge is 2.21. The van der Waals surface area contributed by atoms with Gasteiger partial charge in [0.1, 0.15) is 0 Å². The van der Waals surface area contributed by atoms with Crippen molar-refractivity contribution in [2.45, 2.75) is 25.8 Å². The molecule has 15 heavy (non-hydrogen) atoms. The van der Waals surface area contributed by atoms with E-state index in [-0.39, 0.29) is 0 Å². The number of aromatic nitrogens is 2. The number of anilines is 1. The molecule has 2 heterocycles. The van der Waals surface area contributed by atoms with Crippen LogP contribution in [0.5, 0.6) is 0 Å². The van der Waals surface area contributed by atoms with Gasteiger partial charge in [-0.1, -0.05) is 0 Å². The number of nitrogens with one attached hydrogen (secondary N) is 2. The summed E-state index contributed by atoms with van der Waals surface area (Å²) in [6, 6.07) is 0. The summed E-state index contributed by atoms with van der Waals surface area (Å²) in [5, 5.41) is 6.63. The summed E-state index contributed by atoms with van der Waals surface area (Å²) < 4.78 is 0. The molecule has 0 saturated heterocycles. The van der Waals surface area contributed by atoms with E-state index in [0.717, 1.165) is 43.6 Å². The normalized spacial score (nSPS) is 19.7. The Morgan fingerprint density at radius 1 is 1.47 bits per heavy atom. The van der Waals surface area contributed by atoms with Crippen molar-refractivity contribution < 1.29 is 0 Å². The van der Waals surface area contributed by atoms with Crippen LogP contribution in [-0.4, -0.2) is 23.1 Å². The highest BCUT2D eigenvalue weighted by Crippen LogP contribution is 2.28. The van der Waals surface area contributed by atoms with E-state index < -0.39 is 0 Å². The smallest absolute Gasteiger partial charge is 0.222 e. The lowest BCUT2D eigenvalue weighted by Gasteiger charge is -2.16. The van der Waals surface area contributed by atoms with E-state index >= 15 is 0 Å². The summed E-state index contributed by atoms with van der Waals surface area (Å²) in [5.74, 6) is 1.66. The van der Waals surface area contributed by atoms with Crippen LogP contribution in [0.4, 0.5) is 5.95 Å². The minimum Gasteiger partial charge on any atom is -0.354 e. The molecule has 0 aromatic carbocycles. The van der Waals surface area contributed by atoms with Gasteiger partial charge in [-0.2, -0.15) is 0 Å². The summed E-state index contributed by atoms with van der Waals surface area (Å²) in [6.07, 6.45) is 5.75. The van der Waals surface area contributed by atoms with Crippen LogP contribution in [0.25, 0.3) is 0 Å². The third-order valence-electron chi connectivity index (χ3n) is 3.06. The zero-order valence-electron chi connectivity index (χ0n) is 8.79. The molecule has 1 aromatic rings. The third kappa shape index (κ3) is 2.09. The molecule has 0 spiro atoms. The van der Waals surface area contributed by atoms with Crippen LogP contribution in [0.3, 0.4) is 0 Å². The van der Waals surface area contributed by atoms with Gasteiger partial charge < -0.3 is 10.6 Å². The second-order valence-corrected chi connectivity index (χ2v) is 4.42. The fourth-order valence-electron chi connectivity index (χ4n) is 1.88. The standard InChI is InChI=1S/C11H16N4/c1-2-8(1)5-13-11-14-6-9-3-4-12-7-10(9)15-11/h6,8,12H,1-5,7H2,(H,13,14,15). The van der Waals surface area contributed by atoms with Gasteiger partial charge in [-0.25, -0.2) is 9.97 Å². The Balaban J connectivity index is 1.71. The van der Waals surface area contributed by atoms with Crippen LogP contribution in [-0.2, 0) is 13.0 Å². The maximum atomic E-state index is 4.53. The molecule has 4 nitrogen and oxygen atoms in total. The van der Waals surface area contributed by atoms with Crippen molar-refractivity contribution in [1.82, 2.24) is 15.3 Å². The van der Waals surface area contributed by atoms with Crippen LogP contribution in [0.2, 0.25) is 0 Å². The second-order valence-electron chi connectivity index (χ2n) is 4.42. The van der Waals surface area contributed by atoms with Crippen LogP contribution in [0.15, 0.2) is 6.20 Å². The van der Waals surface area contributed by atoms with Crippen molar-refractivity contribution >= 4 is 5.95 Å². The first kappa shape index (κ1) is 9.09. The van der Waals surface area contributed by atoms with Crippen molar-refractivity contribution in [2.24, 2.45) is 5.92 Å². The van der Waals surface area contributed by atoms with Crippen molar-refractivity contribution in [3.63, 3.8) is 0 Å². The molecule has 0 amide bonds. The summed E-state index contributed by atoms with van der Waals surface area (Å²) in [5.41, 5.74) is 2.46. The number of rotatable bonds is 3. The molecule has 0 radical (unpaired) electrons. The number of hydrogen-bond acceptors (Lipinski definition) is 4. The molecular weight excluding hydrogens is 188 g/mol. The topological polar surface area (TPSA) is 49.8 Å². The fourth-order valence-corrected chi connectivity index (χ4v) is 1.88. The van der Waals surface area contributed by atoms with E-state index in [1.807, 2.05) is 6.20 Å². The summed E-state index contributed by atoms with van der Waals surface area (Å²) in [4.78, 5) is 8.87. The van der Waals surface area contributed by atoms with E-state index in [0.29, 0.717) is 0 Å². The Labute approximate surface area is 89.5 Å². The minimum absolute atomic E-state index is 0.796. The Morgan fingerprint density at radius 2 is 2.40 bits per heavy atom. The molecule has 1 fully saturated rings. The van der Waals surface area contributed by atoms with Gasteiger partial charge in [0.25, 0.3) is 0 Å². The monoisotopic (exact) mass is 204 g/mol. The van der Waals surface area contributed by atoms with Gasteiger partial charge in [-0.3, -0.25) is 0 Å². The van der Waals surface area contributed by atoms with Crippen molar-refractivity contribution in [2.75, 3.05) is 18.4 Å². The average Bonchev–Trinajstić information content (AvgIpc) is 3.10. The summed E-state index contributed by atoms with van der Waals surface area (Å²) in [6.45, 7) is 2.97. The molecule has 80 valence electrons. The predicted octanol–water partition coefficient (Wildman–Crippen LogP) is 0.944. The van der Waals surface area contributed by atoms with Gasteiger partial charge in [-0.15, -0.1) is 0 Å². The molecule has 1 aliphatic carbocycles. The Morgan fingerprint density at radius 3 is 3.27 bits per heavy atom. The first-order chi connectivity index (χ1) is 7.42. The van der Waals surface area contributed by atoms with E-state index in [4.69, 9.17) is 0 Å². The molecular formula is C11H16N4. The molecule has 0 unspecified atom stereocenters. The largest absolute Gasteiger partial charge is 0.354 e. The third-order valence-corrected chi connectivity index (χ3v) is 3.06. The molecule has 4 heteroatoms. The Hall–Kier alpha value is -1.16. The maximum absolute atomic E-state index is 4.53.